The van der Waals surface area contributed by atoms with E-state index in [2.05, 4.69) is 20.3 Å². The number of hydrogen-bond donors (Lipinski definition) is 1. The van der Waals surface area contributed by atoms with Crippen molar-refractivity contribution in [3.05, 3.63) is 102 Å². The van der Waals surface area contributed by atoms with E-state index >= 15 is 0 Å². The van der Waals surface area contributed by atoms with Crippen molar-refractivity contribution >= 4 is 34.0 Å². The summed E-state index contributed by atoms with van der Waals surface area (Å²) in [5, 5.41) is 3.76. The molecule has 0 saturated carbocycles. The number of rotatable bonds is 4. The van der Waals surface area contributed by atoms with Crippen LogP contribution in [0.3, 0.4) is 0 Å². The van der Waals surface area contributed by atoms with Crippen LogP contribution in [-0.2, 0) is 0 Å². The van der Waals surface area contributed by atoms with Crippen molar-refractivity contribution in [3.8, 4) is 22.5 Å². The predicted octanol–water partition coefficient (Wildman–Crippen LogP) is 7.17. The number of anilines is 2. The highest BCUT2D eigenvalue weighted by molar-refractivity contribution is 6.31. The van der Waals surface area contributed by atoms with Gasteiger partial charge in [0.25, 0.3) is 0 Å². The second-order valence-corrected chi connectivity index (χ2v) is 7.66. The number of hydrogen-bond acceptors (Lipinski definition) is 4. The van der Waals surface area contributed by atoms with E-state index in [9.17, 15) is 13.2 Å². The van der Waals surface area contributed by atoms with E-state index in [4.69, 9.17) is 11.6 Å². The standard InChI is InChI=1S/C25H14ClF3N4/c26-19-12-17(5-7-20(19)27)31-25-18-10-14(15-3-6-21(28)22(29)11-15)4-8-23(18)32-24(33-25)16-2-1-9-30-13-16/h1-13H,(H,31,32,33). The molecule has 4 nitrogen and oxygen atoms in total. The summed E-state index contributed by atoms with van der Waals surface area (Å²) < 4.78 is 40.8. The quantitative estimate of drug-likeness (QED) is 0.307. The van der Waals surface area contributed by atoms with Gasteiger partial charge in [0, 0.05) is 29.0 Å². The second-order valence-electron chi connectivity index (χ2n) is 7.25. The third-order valence-corrected chi connectivity index (χ3v) is 5.34. The number of nitrogens with zero attached hydrogens (tertiary/aromatic N) is 3. The lowest BCUT2D eigenvalue weighted by Crippen LogP contribution is -2.00. The first-order valence-corrected chi connectivity index (χ1v) is 10.3. The summed E-state index contributed by atoms with van der Waals surface area (Å²) in [6.45, 7) is 0. The minimum atomic E-state index is -0.935. The minimum Gasteiger partial charge on any atom is -0.340 e. The molecule has 0 fully saturated rings. The molecule has 0 radical (unpaired) electrons. The molecule has 2 aromatic heterocycles. The van der Waals surface area contributed by atoms with Crippen LogP contribution in [0, 0.1) is 17.5 Å². The zero-order valence-corrected chi connectivity index (χ0v) is 17.6. The van der Waals surface area contributed by atoms with Crippen LogP contribution in [0.15, 0.2) is 79.1 Å². The number of benzene rings is 3. The Hall–Kier alpha value is -3.97. The third-order valence-electron chi connectivity index (χ3n) is 5.05. The Kier molecular flexibility index (Phi) is 5.40. The molecule has 0 spiro atoms. The summed E-state index contributed by atoms with van der Waals surface area (Å²) in [6, 6.07) is 16.9. The molecule has 0 unspecified atom stereocenters. The Bertz CT molecular complexity index is 1490. The zero-order chi connectivity index (χ0) is 22.9. The minimum absolute atomic E-state index is 0.0340. The molecule has 0 bridgehead atoms. The molecule has 0 aliphatic carbocycles. The summed E-state index contributed by atoms with van der Waals surface area (Å²) in [4.78, 5) is 13.4. The van der Waals surface area contributed by atoms with Gasteiger partial charge in [-0.05, 0) is 65.7 Å². The number of pyridine rings is 1. The summed E-state index contributed by atoms with van der Waals surface area (Å²) in [5.41, 5.74) is 3.01. The smallest absolute Gasteiger partial charge is 0.163 e. The van der Waals surface area contributed by atoms with Crippen LogP contribution in [-0.4, -0.2) is 15.0 Å². The van der Waals surface area contributed by atoms with Crippen molar-refractivity contribution < 1.29 is 13.2 Å². The molecule has 0 saturated heterocycles. The van der Waals surface area contributed by atoms with E-state index in [1.807, 2.05) is 6.07 Å². The van der Waals surface area contributed by atoms with Crippen LogP contribution in [0.25, 0.3) is 33.4 Å². The maximum absolute atomic E-state index is 13.8. The molecule has 5 aromatic rings. The molecule has 0 aliphatic rings. The molecule has 0 atom stereocenters. The molecule has 162 valence electrons. The van der Waals surface area contributed by atoms with Gasteiger partial charge in [-0.2, -0.15) is 0 Å². The maximum atomic E-state index is 13.8. The lowest BCUT2D eigenvalue weighted by molar-refractivity contribution is 0.509. The van der Waals surface area contributed by atoms with Crippen LogP contribution in [0.5, 0.6) is 0 Å². The van der Waals surface area contributed by atoms with Gasteiger partial charge in [-0.15, -0.1) is 0 Å². The van der Waals surface area contributed by atoms with Gasteiger partial charge in [-0.25, -0.2) is 23.1 Å². The average molecular weight is 463 g/mol. The van der Waals surface area contributed by atoms with E-state index in [-0.39, 0.29) is 5.02 Å². The highest BCUT2D eigenvalue weighted by atomic mass is 35.5. The highest BCUT2D eigenvalue weighted by Gasteiger charge is 2.13. The topological polar surface area (TPSA) is 50.7 Å². The largest absolute Gasteiger partial charge is 0.340 e. The van der Waals surface area contributed by atoms with E-state index in [1.54, 1.807) is 36.7 Å². The van der Waals surface area contributed by atoms with Crippen molar-refractivity contribution in [2.45, 2.75) is 0 Å². The van der Waals surface area contributed by atoms with Gasteiger partial charge in [0.2, 0.25) is 0 Å². The SMILES string of the molecule is Fc1ccc(-c2ccc3nc(-c4cccnc4)nc(Nc4ccc(F)c(Cl)c4)c3c2)cc1F. The van der Waals surface area contributed by atoms with E-state index in [1.165, 1.54) is 24.3 Å². The molecule has 33 heavy (non-hydrogen) atoms. The Morgan fingerprint density at radius 2 is 1.52 bits per heavy atom. The van der Waals surface area contributed by atoms with Gasteiger partial charge in [0.1, 0.15) is 11.6 Å². The molecule has 5 rings (SSSR count). The molecule has 1 N–H and O–H groups in total. The molecule has 3 aromatic carbocycles. The van der Waals surface area contributed by atoms with Crippen molar-refractivity contribution in [2.24, 2.45) is 0 Å². The molecule has 0 amide bonds. The fraction of sp³-hybridized carbons (Fsp3) is 0. The number of nitrogens with one attached hydrogen (secondary N) is 1. The Morgan fingerprint density at radius 1 is 0.727 bits per heavy atom. The van der Waals surface area contributed by atoms with Gasteiger partial charge in [-0.1, -0.05) is 23.7 Å². The summed E-state index contributed by atoms with van der Waals surface area (Å²) in [6.07, 6.45) is 3.30. The van der Waals surface area contributed by atoms with Gasteiger partial charge in [0.05, 0.1) is 10.5 Å². The molecule has 2 heterocycles. The van der Waals surface area contributed by atoms with Crippen molar-refractivity contribution in [1.82, 2.24) is 15.0 Å². The monoisotopic (exact) mass is 462 g/mol. The normalized spacial score (nSPS) is 11.0. The van der Waals surface area contributed by atoms with Crippen LogP contribution in [0.2, 0.25) is 5.02 Å². The average Bonchev–Trinajstić information content (AvgIpc) is 2.83. The van der Waals surface area contributed by atoms with Gasteiger partial charge in [0.15, 0.2) is 17.5 Å². The highest BCUT2D eigenvalue weighted by Crippen LogP contribution is 2.32. The molecule has 0 aliphatic heterocycles. The van der Waals surface area contributed by atoms with Gasteiger partial charge < -0.3 is 5.32 Å². The van der Waals surface area contributed by atoms with E-state index < -0.39 is 17.5 Å². The van der Waals surface area contributed by atoms with Crippen LogP contribution < -0.4 is 5.32 Å². The lowest BCUT2D eigenvalue weighted by Gasteiger charge is -2.13. The first-order chi connectivity index (χ1) is 16.0. The predicted molar refractivity (Wildman–Crippen MR) is 123 cm³/mol. The first-order valence-electron chi connectivity index (χ1n) is 9.87. The summed E-state index contributed by atoms with van der Waals surface area (Å²) >= 11 is 5.94. The third kappa shape index (κ3) is 4.23. The zero-order valence-electron chi connectivity index (χ0n) is 16.9. The maximum Gasteiger partial charge on any atom is 0.163 e. The number of aromatic nitrogens is 3. The summed E-state index contributed by atoms with van der Waals surface area (Å²) in [5.74, 6) is -1.51. The van der Waals surface area contributed by atoms with Crippen LogP contribution in [0.1, 0.15) is 0 Å². The molecule has 8 heteroatoms. The van der Waals surface area contributed by atoms with E-state index in [0.717, 1.165) is 12.1 Å². The number of halogens is 4. The van der Waals surface area contributed by atoms with Crippen molar-refractivity contribution in [2.75, 3.05) is 5.32 Å². The fourth-order valence-corrected chi connectivity index (χ4v) is 3.59. The Labute approximate surface area is 191 Å². The molecular formula is C25H14ClF3N4. The number of fused-ring (bicyclic) bond motifs is 1. The lowest BCUT2D eigenvalue weighted by atomic mass is 10.0. The van der Waals surface area contributed by atoms with E-state index in [0.29, 0.717) is 44.9 Å². The van der Waals surface area contributed by atoms with Gasteiger partial charge >= 0.3 is 0 Å². The van der Waals surface area contributed by atoms with Crippen molar-refractivity contribution in [1.29, 1.82) is 0 Å². The van der Waals surface area contributed by atoms with Crippen molar-refractivity contribution in [3.63, 3.8) is 0 Å². The van der Waals surface area contributed by atoms with Gasteiger partial charge in [-0.3, -0.25) is 4.98 Å². The van der Waals surface area contributed by atoms with Crippen LogP contribution >= 0.6 is 11.6 Å². The van der Waals surface area contributed by atoms with Crippen LogP contribution in [0.4, 0.5) is 24.7 Å². The first kappa shape index (κ1) is 20.9. The molecular weight excluding hydrogens is 449 g/mol. The summed E-state index contributed by atoms with van der Waals surface area (Å²) in [7, 11) is 0. The second kappa shape index (κ2) is 8.52. The Morgan fingerprint density at radius 3 is 2.27 bits per heavy atom. The Balaban J connectivity index is 1.68. The fourth-order valence-electron chi connectivity index (χ4n) is 3.41.